The lowest BCUT2D eigenvalue weighted by atomic mass is 10.1. The molecule has 0 heterocycles. The number of ether oxygens (including phenoxy) is 1. The van der Waals surface area contributed by atoms with Crippen LogP contribution >= 0.6 is 0 Å². The van der Waals surface area contributed by atoms with Crippen molar-refractivity contribution < 1.29 is 9.53 Å². The summed E-state index contributed by atoms with van der Waals surface area (Å²) in [6.07, 6.45) is 0.416. The van der Waals surface area contributed by atoms with Crippen LogP contribution in [0.15, 0.2) is 4.99 Å². The van der Waals surface area contributed by atoms with Crippen LogP contribution in [0.25, 0.3) is 0 Å². The van der Waals surface area contributed by atoms with E-state index in [2.05, 4.69) is 41.7 Å². The molecule has 118 valence electrons. The Kier molecular flexibility index (Phi) is 7.39. The van der Waals surface area contributed by atoms with Gasteiger partial charge in [0.1, 0.15) is 5.60 Å². The minimum Gasteiger partial charge on any atom is -0.444 e. The zero-order valence-electron chi connectivity index (χ0n) is 13.9. The first-order chi connectivity index (χ1) is 9.03. The summed E-state index contributed by atoms with van der Waals surface area (Å²) in [5.41, 5.74) is -0.488. The van der Waals surface area contributed by atoms with Crippen LogP contribution in [-0.4, -0.2) is 43.3 Å². The Morgan fingerprint density at radius 3 is 2.05 bits per heavy atom. The summed E-state index contributed by atoms with van der Waals surface area (Å²) in [4.78, 5) is 15.5. The lowest BCUT2D eigenvalue weighted by Gasteiger charge is -2.23. The predicted octanol–water partition coefficient (Wildman–Crippen LogP) is 1.86. The fraction of sp³-hybridized carbons (Fsp3) is 0.857. The van der Waals surface area contributed by atoms with Gasteiger partial charge in [0.05, 0.1) is 0 Å². The van der Waals surface area contributed by atoms with Crippen LogP contribution < -0.4 is 16.0 Å². The molecular formula is C14H30N4O2. The molecule has 0 aromatic carbocycles. The molecule has 3 N–H and O–H groups in total. The summed E-state index contributed by atoms with van der Waals surface area (Å²) in [5.74, 6) is 0.759. The van der Waals surface area contributed by atoms with E-state index in [9.17, 15) is 4.79 Å². The number of hydrogen-bond donors (Lipinski definition) is 3. The van der Waals surface area contributed by atoms with Crippen molar-refractivity contribution in [2.45, 2.75) is 59.1 Å². The highest BCUT2D eigenvalue weighted by Gasteiger charge is 2.15. The van der Waals surface area contributed by atoms with Crippen LogP contribution in [0.5, 0.6) is 0 Å². The Balaban J connectivity index is 3.79. The van der Waals surface area contributed by atoms with Crippen LogP contribution in [0.4, 0.5) is 4.79 Å². The SMILES string of the molecule is CN=C(NCCCNC(=O)OC(C)(C)C)NC(C)(C)C. The van der Waals surface area contributed by atoms with Gasteiger partial charge in [0.15, 0.2) is 5.96 Å². The van der Waals surface area contributed by atoms with Crippen LogP contribution in [0.3, 0.4) is 0 Å². The smallest absolute Gasteiger partial charge is 0.407 e. The maximum absolute atomic E-state index is 11.4. The molecule has 0 rings (SSSR count). The van der Waals surface area contributed by atoms with Crippen LogP contribution in [-0.2, 0) is 4.74 Å². The van der Waals surface area contributed by atoms with E-state index in [1.165, 1.54) is 0 Å². The molecule has 0 fully saturated rings. The number of nitrogens with one attached hydrogen (secondary N) is 3. The van der Waals surface area contributed by atoms with Crippen molar-refractivity contribution in [3.05, 3.63) is 0 Å². The second kappa shape index (κ2) is 7.97. The number of hydrogen-bond acceptors (Lipinski definition) is 3. The highest BCUT2D eigenvalue weighted by Crippen LogP contribution is 2.06. The van der Waals surface area contributed by atoms with Crippen LogP contribution in [0, 0.1) is 0 Å². The number of rotatable bonds is 4. The second-order valence-corrected chi connectivity index (χ2v) is 6.66. The first-order valence-electron chi connectivity index (χ1n) is 6.99. The van der Waals surface area contributed by atoms with Gasteiger partial charge in [-0.05, 0) is 48.0 Å². The number of amides is 1. The van der Waals surface area contributed by atoms with Crippen molar-refractivity contribution >= 4 is 12.1 Å². The van der Waals surface area contributed by atoms with E-state index in [-0.39, 0.29) is 11.6 Å². The van der Waals surface area contributed by atoms with E-state index < -0.39 is 5.60 Å². The van der Waals surface area contributed by atoms with Gasteiger partial charge in [-0.25, -0.2) is 4.79 Å². The Hall–Kier alpha value is -1.46. The van der Waals surface area contributed by atoms with Gasteiger partial charge in [0.25, 0.3) is 0 Å². The average Bonchev–Trinajstić information content (AvgIpc) is 2.22. The van der Waals surface area contributed by atoms with Crippen LogP contribution in [0.1, 0.15) is 48.0 Å². The minimum atomic E-state index is -0.457. The summed E-state index contributed by atoms with van der Waals surface area (Å²) < 4.78 is 5.15. The fourth-order valence-corrected chi connectivity index (χ4v) is 1.33. The highest BCUT2D eigenvalue weighted by atomic mass is 16.6. The van der Waals surface area contributed by atoms with Crippen molar-refractivity contribution in [2.75, 3.05) is 20.1 Å². The fourth-order valence-electron chi connectivity index (χ4n) is 1.33. The molecule has 20 heavy (non-hydrogen) atoms. The van der Waals surface area contributed by atoms with Crippen molar-refractivity contribution in [3.63, 3.8) is 0 Å². The molecule has 0 aromatic rings. The third-order valence-electron chi connectivity index (χ3n) is 2.03. The van der Waals surface area contributed by atoms with Crippen molar-refractivity contribution in [3.8, 4) is 0 Å². The summed E-state index contributed by atoms with van der Waals surface area (Å²) in [6.45, 7) is 13.0. The van der Waals surface area contributed by atoms with Crippen molar-refractivity contribution in [1.82, 2.24) is 16.0 Å². The first kappa shape index (κ1) is 18.5. The third-order valence-corrected chi connectivity index (χ3v) is 2.03. The third kappa shape index (κ3) is 11.6. The summed E-state index contributed by atoms with van der Waals surface area (Å²) in [5, 5.41) is 9.18. The summed E-state index contributed by atoms with van der Waals surface area (Å²) >= 11 is 0. The van der Waals surface area contributed by atoms with Gasteiger partial charge in [0.2, 0.25) is 0 Å². The molecule has 0 atom stereocenters. The average molecular weight is 286 g/mol. The molecule has 0 bridgehead atoms. The Bertz CT molecular complexity index is 327. The lowest BCUT2D eigenvalue weighted by Crippen LogP contribution is -2.48. The van der Waals surface area contributed by atoms with Gasteiger partial charge in [-0.2, -0.15) is 0 Å². The molecule has 0 saturated heterocycles. The van der Waals surface area contributed by atoms with Crippen molar-refractivity contribution in [1.29, 1.82) is 0 Å². The highest BCUT2D eigenvalue weighted by molar-refractivity contribution is 5.80. The molecule has 0 aliphatic heterocycles. The zero-order valence-corrected chi connectivity index (χ0v) is 13.9. The summed E-state index contributed by atoms with van der Waals surface area (Å²) in [7, 11) is 1.74. The summed E-state index contributed by atoms with van der Waals surface area (Å²) in [6, 6.07) is 0. The van der Waals surface area contributed by atoms with Gasteiger partial charge in [0, 0.05) is 25.7 Å². The van der Waals surface area contributed by atoms with Gasteiger partial charge >= 0.3 is 6.09 Å². The quantitative estimate of drug-likeness (QED) is 0.419. The Morgan fingerprint density at radius 2 is 1.60 bits per heavy atom. The number of alkyl carbamates (subject to hydrolysis) is 1. The van der Waals surface area contributed by atoms with E-state index in [1.54, 1.807) is 7.05 Å². The molecular weight excluding hydrogens is 256 g/mol. The molecule has 0 aromatic heterocycles. The number of guanidine groups is 1. The number of nitrogens with zero attached hydrogens (tertiary/aromatic N) is 1. The molecule has 0 radical (unpaired) electrons. The van der Waals surface area contributed by atoms with Crippen molar-refractivity contribution in [2.24, 2.45) is 4.99 Å². The van der Waals surface area contributed by atoms with E-state index in [0.717, 1.165) is 18.9 Å². The minimum absolute atomic E-state index is 0.0311. The zero-order chi connectivity index (χ0) is 15.8. The lowest BCUT2D eigenvalue weighted by molar-refractivity contribution is 0.0527. The molecule has 6 heteroatoms. The monoisotopic (exact) mass is 286 g/mol. The topological polar surface area (TPSA) is 74.8 Å². The molecule has 0 aliphatic carbocycles. The van der Waals surface area contributed by atoms with E-state index in [0.29, 0.717) is 6.54 Å². The van der Waals surface area contributed by atoms with E-state index >= 15 is 0 Å². The number of carbonyl (C=O) groups is 1. The molecule has 0 spiro atoms. The molecule has 0 saturated carbocycles. The second-order valence-electron chi connectivity index (χ2n) is 6.66. The first-order valence-corrected chi connectivity index (χ1v) is 6.99. The molecule has 0 aliphatic rings. The largest absolute Gasteiger partial charge is 0.444 e. The van der Waals surface area contributed by atoms with Crippen LogP contribution in [0.2, 0.25) is 0 Å². The van der Waals surface area contributed by atoms with E-state index in [1.807, 2.05) is 20.8 Å². The molecule has 6 nitrogen and oxygen atoms in total. The normalized spacial score (nSPS) is 12.8. The van der Waals surface area contributed by atoms with E-state index in [4.69, 9.17) is 4.74 Å². The predicted molar refractivity (Wildman–Crippen MR) is 83.1 cm³/mol. The number of aliphatic imine (C=N–C) groups is 1. The standard InChI is InChI=1S/C14H30N4O2/c1-13(2,3)18-11(15-7)16-9-8-10-17-12(19)20-14(4,5)6/h8-10H2,1-7H3,(H,17,19)(H2,15,16,18). The number of carbonyl (C=O) groups excluding carboxylic acids is 1. The van der Waals surface area contributed by atoms with Gasteiger partial charge in [-0.3, -0.25) is 4.99 Å². The maximum atomic E-state index is 11.4. The maximum Gasteiger partial charge on any atom is 0.407 e. The van der Waals surface area contributed by atoms with Gasteiger partial charge in [-0.15, -0.1) is 0 Å². The Labute approximate surface area is 122 Å². The van der Waals surface area contributed by atoms with Gasteiger partial charge < -0.3 is 20.7 Å². The molecule has 0 unspecified atom stereocenters. The van der Waals surface area contributed by atoms with Gasteiger partial charge in [-0.1, -0.05) is 0 Å². The Morgan fingerprint density at radius 1 is 1.05 bits per heavy atom. The molecule has 1 amide bonds.